The van der Waals surface area contributed by atoms with Crippen LogP contribution < -0.4 is 5.32 Å². The van der Waals surface area contributed by atoms with Crippen molar-refractivity contribution < 1.29 is 14.3 Å². The molecule has 0 heterocycles. The molecule has 1 amide bonds. The lowest BCUT2D eigenvalue weighted by Gasteiger charge is -2.17. The van der Waals surface area contributed by atoms with Crippen LogP contribution in [0.3, 0.4) is 0 Å². The van der Waals surface area contributed by atoms with E-state index in [9.17, 15) is 9.59 Å². The van der Waals surface area contributed by atoms with Gasteiger partial charge in [-0.3, -0.25) is 4.79 Å². The quantitative estimate of drug-likeness (QED) is 0.787. The second-order valence-corrected chi connectivity index (χ2v) is 6.27. The molecule has 21 heavy (non-hydrogen) atoms. The molecule has 1 atom stereocenters. The number of nitrogens with one attached hydrogen (secondary N) is 1. The Morgan fingerprint density at radius 3 is 2.62 bits per heavy atom. The summed E-state index contributed by atoms with van der Waals surface area (Å²) < 4.78 is 4.69. The summed E-state index contributed by atoms with van der Waals surface area (Å²) in [5, 5.41) is 2.97. The number of hydrogen-bond donors (Lipinski definition) is 1. The summed E-state index contributed by atoms with van der Waals surface area (Å²) in [6.45, 7) is 6.17. The molecule has 0 aromatic heterocycles. The van der Waals surface area contributed by atoms with Crippen LogP contribution in [-0.2, 0) is 15.3 Å². The molecule has 1 aromatic rings. The molecule has 1 N–H and O–H groups in total. The van der Waals surface area contributed by atoms with Gasteiger partial charge in [0.25, 0.3) is 0 Å². The number of methoxy groups -OCH3 is 1. The lowest BCUT2D eigenvalue weighted by Crippen LogP contribution is -2.37. The zero-order chi connectivity index (χ0) is 15.8. The second kappa shape index (κ2) is 8.72. The fraction of sp³-hybridized carbons (Fsp3) is 0.500. The van der Waals surface area contributed by atoms with Gasteiger partial charge in [-0.25, -0.2) is 4.79 Å². The third kappa shape index (κ3) is 6.21. The molecule has 0 saturated carbocycles. The zero-order valence-corrected chi connectivity index (χ0v) is 13.8. The number of carbonyl (C=O) groups excluding carboxylic acids is 2. The highest BCUT2D eigenvalue weighted by Gasteiger charge is 2.11. The highest BCUT2D eigenvalue weighted by atomic mass is 32.2. The molecule has 0 aliphatic heterocycles. The Morgan fingerprint density at radius 1 is 1.29 bits per heavy atom. The Morgan fingerprint density at radius 2 is 2.00 bits per heavy atom. The molecule has 0 aliphatic rings. The lowest BCUT2D eigenvalue weighted by molar-refractivity contribution is -0.119. The van der Waals surface area contributed by atoms with E-state index in [0.29, 0.717) is 23.0 Å². The maximum absolute atomic E-state index is 11.8. The van der Waals surface area contributed by atoms with E-state index in [0.717, 1.165) is 5.56 Å². The fourth-order valence-electron chi connectivity index (χ4n) is 1.63. The number of rotatable bonds is 7. The van der Waals surface area contributed by atoms with E-state index in [1.54, 1.807) is 12.1 Å². The van der Waals surface area contributed by atoms with Gasteiger partial charge in [0, 0.05) is 11.8 Å². The first-order valence-electron chi connectivity index (χ1n) is 6.98. The summed E-state index contributed by atoms with van der Waals surface area (Å²) in [5.41, 5.74) is 1.54. The SMILES string of the molecule is COC(=O)c1cccc(CSCC(=O)N[C@H](C)C(C)C)c1. The average Bonchev–Trinajstić information content (AvgIpc) is 2.46. The van der Waals surface area contributed by atoms with Crippen molar-refractivity contribution in [3.05, 3.63) is 35.4 Å². The first-order chi connectivity index (χ1) is 9.93. The Labute approximate surface area is 130 Å². The molecule has 0 spiro atoms. The number of ether oxygens (including phenoxy) is 1. The summed E-state index contributed by atoms with van der Waals surface area (Å²) in [5.74, 6) is 1.24. The number of thioether (sulfide) groups is 1. The van der Waals surface area contributed by atoms with Crippen molar-refractivity contribution in [2.45, 2.75) is 32.6 Å². The Bertz CT molecular complexity index is 488. The first kappa shape index (κ1) is 17.6. The summed E-state index contributed by atoms with van der Waals surface area (Å²) in [7, 11) is 1.37. The highest BCUT2D eigenvalue weighted by Crippen LogP contribution is 2.14. The van der Waals surface area contributed by atoms with Crippen LogP contribution in [0.2, 0.25) is 0 Å². The lowest BCUT2D eigenvalue weighted by atomic mass is 10.1. The van der Waals surface area contributed by atoms with Gasteiger partial charge in [0.2, 0.25) is 5.91 Å². The van der Waals surface area contributed by atoms with E-state index >= 15 is 0 Å². The molecule has 0 saturated heterocycles. The van der Waals surface area contributed by atoms with E-state index < -0.39 is 0 Å². The topological polar surface area (TPSA) is 55.4 Å². The standard InChI is InChI=1S/C16H23NO3S/c1-11(2)12(3)17-15(18)10-21-9-13-6-5-7-14(8-13)16(19)20-4/h5-8,11-12H,9-10H2,1-4H3,(H,17,18)/t12-/m1/s1. The predicted octanol–water partition coefficient (Wildman–Crippen LogP) is 2.87. The van der Waals surface area contributed by atoms with Crippen LogP contribution in [0.25, 0.3) is 0 Å². The summed E-state index contributed by atoms with van der Waals surface area (Å²) >= 11 is 1.53. The van der Waals surface area contributed by atoms with Crippen molar-refractivity contribution in [1.29, 1.82) is 0 Å². The number of amides is 1. The maximum Gasteiger partial charge on any atom is 0.337 e. The largest absolute Gasteiger partial charge is 0.465 e. The minimum atomic E-state index is -0.342. The van der Waals surface area contributed by atoms with Crippen LogP contribution >= 0.6 is 11.8 Å². The molecule has 0 bridgehead atoms. The molecular weight excluding hydrogens is 286 g/mol. The average molecular weight is 309 g/mol. The molecular formula is C16H23NO3S. The van der Waals surface area contributed by atoms with Crippen LogP contribution in [0.5, 0.6) is 0 Å². The highest BCUT2D eigenvalue weighted by molar-refractivity contribution is 7.99. The van der Waals surface area contributed by atoms with Gasteiger partial charge in [-0.15, -0.1) is 11.8 Å². The molecule has 5 heteroatoms. The normalized spacial score (nSPS) is 12.0. The fourth-order valence-corrected chi connectivity index (χ4v) is 2.42. The van der Waals surface area contributed by atoms with E-state index in [-0.39, 0.29) is 17.9 Å². The summed E-state index contributed by atoms with van der Waals surface area (Å²) in [6.07, 6.45) is 0. The van der Waals surface area contributed by atoms with E-state index in [1.165, 1.54) is 18.9 Å². The van der Waals surface area contributed by atoms with Gasteiger partial charge in [0.05, 0.1) is 18.4 Å². The predicted molar refractivity (Wildman–Crippen MR) is 86.4 cm³/mol. The van der Waals surface area contributed by atoms with Crippen LogP contribution in [0.1, 0.15) is 36.7 Å². The smallest absolute Gasteiger partial charge is 0.337 e. The van der Waals surface area contributed by atoms with Crippen LogP contribution in [0.15, 0.2) is 24.3 Å². The van der Waals surface area contributed by atoms with E-state index in [4.69, 9.17) is 4.74 Å². The molecule has 1 aromatic carbocycles. The van der Waals surface area contributed by atoms with Gasteiger partial charge in [-0.1, -0.05) is 26.0 Å². The second-order valence-electron chi connectivity index (χ2n) is 5.28. The summed E-state index contributed by atoms with van der Waals surface area (Å²) in [6, 6.07) is 7.46. The van der Waals surface area contributed by atoms with Crippen molar-refractivity contribution in [3.63, 3.8) is 0 Å². The van der Waals surface area contributed by atoms with Gasteiger partial charge in [0.1, 0.15) is 0 Å². The van der Waals surface area contributed by atoms with Crippen molar-refractivity contribution in [1.82, 2.24) is 5.32 Å². The van der Waals surface area contributed by atoms with Crippen molar-refractivity contribution in [2.24, 2.45) is 5.92 Å². The van der Waals surface area contributed by atoms with Gasteiger partial charge < -0.3 is 10.1 Å². The van der Waals surface area contributed by atoms with Gasteiger partial charge >= 0.3 is 5.97 Å². The molecule has 116 valence electrons. The molecule has 0 radical (unpaired) electrons. The number of carbonyl (C=O) groups is 2. The van der Waals surface area contributed by atoms with Gasteiger partial charge in [0.15, 0.2) is 0 Å². The van der Waals surface area contributed by atoms with Gasteiger partial charge in [-0.2, -0.15) is 0 Å². The Balaban J connectivity index is 2.42. The van der Waals surface area contributed by atoms with Crippen LogP contribution in [0, 0.1) is 5.92 Å². The Hall–Kier alpha value is -1.49. The van der Waals surface area contributed by atoms with Crippen molar-refractivity contribution in [2.75, 3.05) is 12.9 Å². The minimum Gasteiger partial charge on any atom is -0.465 e. The third-order valence-electron chi connectivity index (χ3n) is 3.24. The van der Waals surface area contributed by atoms with Crippen LogP contribution in [0.4, 0.5) is 0 Å². The first-order valence-corrected chi connectivity index (χ1v) is 8.14. The number of benzene rings is 1. The van der Waals surface area contributed by atoms with Crippen molar-refractivity contribution in [3.8, 4) is 0 Å². The minimum absolute atomic E-state index is 0.0466. The summed E-state index contributed by atoms with van der Waals surface area (Å²) in [4.78, 5) is 23.2. The van der Waals surface area contributed by atoms with Gasteiger partial charge in [-0.05, 0) is 30.5 Å². The molecule has 1 rings (SSSR count). The maximum atomic E-state index is 11.8. The molecule has 4 nitrogen and oxygen atoms in total. The van der Waals surface area contributed by atoms with E-state index in [1.807, 2.05) is 19.1 Å². The molecule has 0 aliphatic carbocycles. The van der Waals surface area contributed by atoms with E-state index in [2.05, 4.69) is 19.2 Å². The number of hydrogen-bond acceptors (Lipinski definition) is 4. The third-order valence-corrected chi connectivity index (χ3v) is 4.24. The monoisotopic (exact) mass is 309 g/mol. The Kier molecular flexibility index (Phi) is 7.29. The van der Waals surface area contributed by atoms with Crippen LogP contribution in [-0.4, -0.2) is 30.8 Å². The van der Waals surface area contributed by atoms with Crippen molar-refractivity contribution >= 4 is 23.6 Å². The molecule has 0 fully saturated rings. The number of esters is 1. The molecule has 0 unspecified atom stereocenters. The zero-order valence-electron chi connectivity index (χ0n) is 13.0.